The molecule has 29 heavy (non-hydrogen) atoms. The average Bonchev–Trinajstić information content (AvgIpc) is 3.08. The molecule has 0 fully saturated rings. The minimum absolute atomic E-state index is 0.0253. The van der Waals surface area contributed by atoms with Crippen LogP contribution in [0.5, 0.6) is 0 Å². The van der Waals surface area contributed by atoms with Crippen LogP contribution in [0.25, 0.3) is 11.4 Å². The minimum atomic E-state index is -0.0253. The van der Waals surface area contributed by atoms with Crippen LogP contribution in [-0.4, -0.2) is 26.4 Å². The molecule has 0 atom stereocenters. The summed E-state index contributed by atoms with van der Waals surface area (Å²) in [5, 5.41) is 13.1. The van der Waals surface area contributed by atoms with Crippen molar-refractivity contribution in [2.24, 2.45) is 5.92 Å². The van der Waals surface area contributed by atoms with E-state index in [1.165, 1.54) is 17.3 Å². The third kappa shape index (κ3) is 6.08. The maximum atomic E-state index is 12.3. The predicted molar refractivity (Wildman–Crippen MR) is 119 cm³/mol. The smallest absolute Gasteiger partial charge is 0.230 e. The van der Waals surface area contributed by atoms with Crippen LogP contribution in [0.1, 0.15) is 25.0 Å². The van der Waals surface area contributed by atoms with Crippen molar-refractivity contribution in [2.75, 3.05) is 5.75 Å². The fourth-order valence-electron chi connectivity index (χ4n) is 2.83. The number of carbonyl (C=O) groups is 1. The maximum Gasteiger partial charge on any atom is 0.230 e. The Labute approximate surface area is 180 Å². The van der Waals surface area contributed by atoms with Crippen molar-refractivity contribution in [3.05, 3.63) is 64.7 Å². The van der Waals surface area contributed by atoms with E-state index < -0.39 is 0 Å². The Morgan fingerprint density at radius 3 is 2.45 bits per heavy atom. The Morgan fingerprint density at radius 1 is 1.10 bits per heavy atom. The first-order chi connectivity index (χ1) is 13.9. The van der Waals surface area contributed by atoms with E-state index in [0.717, 1.165) is 28.7 Å². The molecule has 3 aromatic rings. The number of amides is 1. The number of hydrogen-bond acceptors (Lipinski definition) is 4. The van der Waals surface area contributed by atoms with Gasteiger partial charge < -0.3 is 9.88 Å². The van der Waals surface area contributed by atoms with Gasteiger partial charge in [-0.3, -0.25) is 4.79 Å². The van der Waals surface area contributed by atoms with Gasteiger partial charge >= 0.3 is 0 Å². The Morgan fingerprint density at radius 2 is 1.79 bits per heavy atom. The van der Waals surface area contributed by atoms with Crippen LogP contribution in [0.4, 0.5) is 0 Å². The zero-order chi connectivity index (χ0) is 20.8. The Balaban J connectivity index is 1.65. The minimum Gasteiger partial charge on any atom is -0.351 e. The normalized spacial score (nSPS) is 11.1. The highest BCUT2D eigenvalue weighted by atomic mass is 35.5. The van der Waals surface area contributed by atoms with E-state index >= 15 is 0 Å². The number of thioether (sulfide) groups is 1. The number of aryl methyl sites for hydroxylation is 1. The molecule has 0 bridgehead atoms. The Kier molecular flexibility index (Phi) is 7.34. The van der Waals surface area contributed by atoms with Gasteiger partial charge in [0.1, 0.15) is 0 Å². The van der Waals surface area contributed by atoms with Crippen molar-refractivity contribution in [3.8, 4) is 11.4 Å². The molecule has 0 saturated carbocycles. The summed E-state index contributed by atoms with van der Waals surface area (Å²) in [6, 6.07) is 15.7. The van der Waals surface area contributed by atoms with Crippen LogP contribution in [0.2, 0.25) is 5.02 Å². The van der Waals surface area contributed by atoms with Crippen molar-refractivity contribution >= 4 is 29.3 Å². The van der Waals surface area contributed by atoms with Gasteiger partial charge in [-0.05, 0) is 42.7 Å². The van der Waals surface area contributed by atoms with Crippen molar-refractivity contribution in [1.82, 2.24) is 20.1 Å². The van der Waals surface area contributed by atoms with Gasteiger partial charge in [0.2, 0.25) is 5.91 Å². The molecule has 2 aromatic carbocycles. The fourth-order valence-corrected chi connectivity index (χ4v) is 3.73. The first-order valence-electron chi connectivity index (χ1n) is 9.56. The Bertz CT molecular complexity index is 952. The molecular weight excluding hydrogens is 404 g/mol. The van der Waals surface area contributed by atoms with Gasteiger partial charge in [0.15, 0.2) is 11.0 Å². The number of benzene rings is 2. The fraction of sp³-hybridized carbons (Fsp3) is 0.318. The third-order valence-electron chi connectivity index (χ3n) is 4.31. The van der Waals surface area contributed by atoms with Crippen molar-refractivity contribution in [1.29, 1.82) is 0 Å². The molecule has 0 aliphatic carbocycles. The number of aromatic nitrogens is 3. The van der Waals surface area contributed by atoms with E-state index in [2.05, 4.69) is 33.9 Å². The van der Waals surface area contributed by atoms with Gasteiger partial charge in [-0.2, -0.15) is 0 Å². The lowest BCUT2D eigenvalue weighted by atomic mass is 10.1. The third-order valence-corrected chi connectivity index (χ3v) is 5.53. The molecule has 7 heteroatoms. The highest BCUT2D eigenvalue weighted by Crippen LogP contribution is 2.26. The molecule has 152 valence electrons. The quantitative estimate of drug-likeness (QED) is 0.514. The summed E-state index contributed by atoms with van der Waals surface area (Å²) >= 11 is 7.41. The lowest BCUT2D eigenvalue weighted by molar-refractivity contribution is -0.118. The number of carbonyl (C=O) groups excluding carboxylic acids is 1. The molecule has 1 aromatic heterocycles. The molecule has 0 aliphatic heterocycles. The van der Waals surface area contributed by atoms with Crippen LogP contribution in [-0.2, 0) is 17.9 Å². The lowest BCUT2D eigenvalue weighted by Gasteiger charge is -2.12. The molecule has 3 rings (SSSR count). The second kappa shape index (κ2) is 9.94. The van der Waals surface area contributed by atoms with Crippen molar-refractivity contribution in [2.45, 2.75) is 39.0 Å². The Hall–Kier alpha value is -2.31. The van der Waals surface area contributed by atoms with Gasteiger partial charge in [0, 0.05) is 23.7 Å². The molecule has 0 aliphatic rings. The number of rotatable bonds is 8. The van der Waals surface area contributed by atoms with Crippen LogP contribution in [0.15, 0.2) is 53.7 Å². The van der Waals surface area contributed by atoms with E-state index in [9.17, 15) is 4.79 Å². The first kappa shape index (κ1) is 21.4. The summed E-state index contributed by atoms with van der Waals surface area (Å²) in [5.74, 6) is 1.48. The second-order valence-corrected chi connectivity index (χ2v) is 8.75. The van der Waals surface area contributed by atoms with Gasteiger partial charge in [-0.15, -0.1) is 10.2 Å². The molecule has 0 unspecified atom stereocenters. The standard InChI is InChI=1S/C22H25ClN4OS/c1-15(2)13-27-21(18-8-10-19(23)11-9-18)25-26-22(27)29-14-20(28)24-12-17-6-4-16(3)5-7-17/h4-11,15H,12-14H2,1-3H3,(H,24,28). The summed E-state index contributed by atoms with van der Waals surface area (Å²) in [4.78, 5) is 12.3. The highest BCUT2D eigenvalue weighted by Gasteiger charge is 2.16. The van der Waals surface area contributed by atoms with Crippen molar-refractivity contribution < 1.29 is 4.79 Å². The SMILES string of the molecule is Cc1ccc(CNC(=O)CSc2nnc(-c3ccc(Cl)cc3)n2CC(C)C)cc1. The van der Waals surface area contributed by atoms with E-state index in [0.29, 0.717) is 23.2 Å². The molecule has 1 amide bonds. The summed E-state index contributed by atoms with van der Waals surface area (Å²) in [6.45, 7) is 7.64. The molecule has 1 N–H and O–H groups in total. The van der Waals surface area contributed by atoms with E-state index in [1.54, 1.807) is 0 Å². The summed E-state index contributed by atoms with van der Waals surface area (Å²) in [7, 11) is 0. The molecule has 0 saturated heterocycles. The number of hydrogen-bond donors (Lipinski definition) is 1. The largest absolute Gasteiger partial charge is 0.351 e. The topological polar surface area (TPSA) is 59.8 Å². The number of halogens is 1. The summed E-state index contributed by atoms with van der Waals surface area (Å²) < 4.78 is 2.08. The van der Waals surface area contributed by atoms with Crippen LogP contribution in [0.3, 0.4) is 0 Å². The van der Waals surface area contributed by atoms with E-state index in [-0.39, 0.29) is 5.91 Å². The summed E-state index contributed by atoms with van der Waals surface area (Å²) in [6.07, 6.45) is 0. The zero-order valence-corrected chi connectivity index (χ0v) is 18.4. The first-order valence-corrected chi connectivity index (χ1v) is 10.9. The van der Waals surface area contributed by atoms with Crippen LogP contribution < -0.4 is 5.32 Å². The predicted octanol–water partition coefficient (Wildman–Crippen LogP) is 4.97. The molecule has 1 heterocycles. The average molecular weight is 429 g/mol. The highest BCUT2D eigenvalue weighted by molar-refractivity contribution is 7.99. The number of nitrogens with zero attached hydrogens (tertiary/aromatic N) is 3. The van der Waals surface area contributed by atoms with E-state index in [1.807, 2.05) is 55.5 Å². The molecule has 0 spiro atoms. The van der Waals surface area contributed by atoms with E-state index in [4.69, 9.17) is 11.6 Å². The second-order valence-electron chi connectivity index (χ2n) is 7.37. The molecule has 0 radical (unpaired) electrons. The van der Waals surface area contributed by atoms with Crippen LogP contribution >= 0.6 is 23.4 Å². The monoisotopic (exact) mass is 428 g/mol. The van der Waals surface area contributed by atoms with Crippen LogP contribution in [0, 0.1) is 12.8 Å². The zero-order valence-electron chi connectivity index (χ0n) is 16.9. The van der Waals surface area contributed by atoms with Gasteiger partial charge in [-0.1, -0.05) is 67.0 Å². The lowest BCUT2D eigenvalue weighted by Crippen LogP contribution is -2.24. The van der Waals surface area contributed by atoms with Gasteiger partial charge in [0.05, 0.1) is 5.75 Å². The van der Waals surface area contributed by atoms with Crippen molar-refractivity contribution in [3.63, 3.8) is 0 Å². The summed E-state index contributed by atoms with van der Waals surface area (Å²) in [5.41, 5.74) is 3.25. The van der Waals surface area contributed by atoms with Gasteiger partial charge in [-0.25, -0.2) is 0 Å². The molecular formula is C22H25ClN4OS. The maximum absolute atomic E-state index is 12.3. The number of nitrogens with one attached hydrogen (secondary N) is 1. The molecule has 5 nitrogen and oxygen atoms in total. The van der Waals surface area contributed by atoms with Gasteiger partial charge in [0.25, 0.3) is 0 Å².